The van der Waals surface area contributed by atoms with Crippen molar-refractivity contribution in [2.24, 2.45) is 5.73 Å². The summed E-state index contributed by atoms with van der Waals surface area (Å²) in [5.41, 5.74) is 8.37. The Morgan fingerprint density at radius 3 is 2.60 bits per heavy atom. The molecule has 0 heterocycles. The summed E-state index contributed by atoms with van der Waals surface area (Å²) in [5, 5.41) is 0. The molecule has 0 aliphatic heterocycles. The fourth-order valence-electron chi connectivity index (χ4n) is 2.24. The molecule has 4 nitrogen and oxygen atoms in total. The monoisotopic (exact) mass is 276 g/mol. The van der Waals surface area contributed by atoms with E-state index in [2.05, 4.69) is 31.2 Å². The highest BCUT2D eigenvalue weighted by atomic mass is 16.5. The second-order valence-corrected chi connectivity index (χ2v) is 5.57. The Hall–Kier alpha value is -1.39. The lowest BCUT2D eigenvalue weighted by Gasteiger charge is -2.26. The van der Waals surface area contributed by atoms with E-state index in [1.165, 1.54) is 5.56 Å². The van der Waals surface area contributed by atoms with Crippen LogP contribution in [0.25, 0.3) is 0 Å². The third kappa shape index (κ3) is 4.05. The van der Waals surface area contributed by atoms with Gasteiger partial charge in [-0.2, -0.15) is 0 Å². The van der Waals surface area contributed by atoms with E-state index in [0.717, 1.165) is 18.4 Å². The predicted molar refractivity (Wildman–Crippen MR) is 79.2 cm³/mol. The average Bonchev–Trinajstić information content (AvgIpc) is 3.28. The van der Waals surface area contributed by atoms with Crippen LogP contribution in [-0.2, 0) is 16.1 Å². The van der Waals surface area contributed by atoms with Crippen LogP contribution in [0.2, 0.25) is 0 Å². The second-order valence-electron chi connectivity index (χ2n) is 5.57. The molecule has 1 amide bonds. The Balaban J connectivity index is 1.99. The molecule has 1 atom stereocenters. The van der Waals surface area contributed by atoms with Gasteiger partial charge in [0.15, 0.2) is 0 Å². The zero-order chi connectivity index (χ0) is 14.5. The number of hydrogen-bond acceptors (Lipinski definition) is 3. The lowest BCUT2D eigenvalue weighted by atomic mass is 10.1. The van der Waals surface area contributed by atoms with Crippen molar-refractivity contribution in [2.75, 3.05) is 13.7 Å². The van der Waals surface area contributed by atoms with Crippen molar-refractivity contribution < 1.29 is 9.53 Å². The number of benzene rings is 1. The first kappa shape index (κ1) is 15.0. The molecule has 1 aromatic rings. The minimum Gasteiger partial charge on any atom is -0.385 e. The van der Waals surface area contributed by atoms with Crippen molar-refractivity contribution in [3.8, 4) is 0 Å². The highest BCUT2D eigenvalue weighted by Gasteiger charge is 2.34. The molecule has 1 aromatic carbocycles. The molecule has 0 spiro atoms. The maximum atomic E-state index is 12.4. The fourth-order valence-corrected chi connectivity index (χ4v) is 2.24. The van der Waals surface area contributed by atoms with E-state index in [1.807, 2.05) is 4.90 Å². The third-order valence-electron chi connectivity index (χ3n) is 3.69. The molecule has 1 aliphatic carbocycles. The SMILES string of the molecule is COCCC(N)C(=O)N(Cc1ccc(C)cc1)C1CC1. The van der Waals surface area contributed by atoms with Crippen LogP contribution in [0.3, 0.4) is 0 Å². The van der Waals surface area contributed by atoms with Gasteiger partial charge in [0, 0.05) is 26.3 Å². The molecule has 1 saturated carbocycles. The minimum atomic E-state index is -0.457. The zero-order valence-electron chi connectivity index (χ0n) is 12.3. The number of carbonyl (C=O) groups is 1. The molecule has 1 fully saturated rings. The Morgan fingerprint density at radius 2 is 2.05 bits per heavy atom. The number of methoxy groups -OCH3 is 1. The number of aryl methyl sites for hydroxylation is 1. The molecule has 110 valence electrons. The molecular formula is C16H24N2O2. The van der Waals surface area contributed by atoms with E-state index >= 15 is 0 Å². The van der Waals surface area contributed by atoms with Gasteiger partial charge in [-0.1, -0.05) is 29.8 Å². The molecule has 2 N–H and O–H groups in total. The molecule has 4 heteroatoms. The molecule has 0 saturated heterocycles. The summed E-state index contributed by atoms with van der Waals surface area (Å²) in [7, 11) is 1.63. The Morgan fingerprint density at radius 1 is 1.40 bits per heavy atom. The molecule has 1 aliphatic rings. The van der Waals surface area contributed by atoms with Gasteiger partial charge in [-0.3, -0.25) is 4.79 Å². The number of nitrogens with two attached hydrogens (primary N) is 1. The van der Waals surface area contributed by atoms with E-state index in [1.54, 1.807) is 7.11 Å². The third-order valence-corrected chi connectivity index (χ3v) is 3.69. The van der Waals surface area contributed by atoms with Crippen LogP contribution < -0.4 is 5.73 Å². The van der Waals surface area contributed by atoms with Crippen LogP contribution in [0.15, 0.2) is 24.3 Å². The first-order valence-corrected chi connectivity index (χ1v) is 7.22. The summed E-state index contributed by atoms with van der Waals surface area (Å²) in [5.74, 6) is 0.0464. The van der Waals surface area contributed by atoms with E-state index in [-0.39, 0.29) is 5.91 Å². The number of ether oxygens (including phenoxy) is 1. The van der Waals surface area contributed by atoms with Gasteiger partial charge in [0.1, 0.15) is 0 Å². The van der Waals surface area contributed by atoms with Crippen LogP contribution in [0.5, 0.6) is 0 Å². The van der Waals surface area contributed by atoms with Gasteiger partial charge in [-0.05, 0) is 31.7 Å². The van der Waals surface area contributed by atoms with Crippen LogP contribution in [0, 0.1) is 6.92 Å². The van der Waals surface area contributed by atoms with Crippen molar-refractivity contribution in [2.45, 2.75) is 44.8 Å². The summed E-state index contributed by atoms with van der Waals surface area (Å²) < 4.78 is 5.00. The van der Waals surface area contributed by atoms with Crippen LogP contribution >= 0.6 is 0 Å². The van der Waals surface area contributed by atoms with E-state index < -0.39 is 6.04 Å². The normalized spacial score (nSPS) is 15.9. The van der Waals surface area contributed by atoms with Gasteiger partial charge >= 0.3 is 0 Å². The molecule has 1 unspecified atom stereocenters. The van der Waals surface area contributed by atoms with E-state index in [4.69, 9.17) is 10.5 Å². The number of hydrogen-bond donors (Lipinski definition) is 1. The largest absolute Gasteiger partial charge is 0.385 e. The minimum absolute atomic E-state index is 0.0464. The number of carbonyl (C=O) groups excluding carboxylic acids is 1. The molecule has 2 rings (SSSR count). The first-order valence-electron chi connectivity index (χ1n) is 7.22. The quantitative estimate of drug-likeness (QED) is 0.827. The molecular weight excluding hydrogens is 252 g/mol. The molecule has 0 aromatic heterocycles. The molecule has 0 bridgehead atoms. The van der Waals surface area contributed by atoms with E-state index in [0.29, 0.717) is 25.6 Å². The number of amides is 1. The van der Waals surface area contributed by atoms with Gasteiger partial charge in [0.2, 0.25) is 5.91 Å². The standard InChI is InChI=1S/C16H24N2O2/c1-12-3-5-13(6-4-12)11-18(14-7-8-14)16(19)15(17)9-10-20-2/h3-6,14-15H,7-11,17H2,1-2H3. The first-order chi connectivity index (χ1) is 9.61. The summed E-state index contributed by atoms with van der Waals surface area (Å²) in [4.78, 5) is 14.4. The van der Waals surface area contributed by atoms with Crippen molar-refractivity contribution in [3.05, 3.63) is 35.4 Å². The predicted octanol–water partition coefficient (Wildman–Crippen LogP) is 1.85. The van der Waals surface area contributed by atoms with Crippen LogP contribution in [0.1, 0.15) is 30.4 Å². The fraction of sp³-hybridized carbons (Fsp3) is 0.562. The van der Waals surface area contributed by atoms with Gasteiger partial charge in [0.05, 0.1) is 6.04 Å². The Bertz CT molecular complexity index is 440. The lowest BCUT2D eigenvalue weighted by Crippen LogP contribution is -2.45. The smallest absolute Gasteiger partial charge is 0.240 e. The zero-order valence-corrected chi connectivity index (χ0v) is 12.3. The van der Waals surface area contributed by atoms with Gasteiger partial charge in [0.25, 0.3) is 0 Å². The average molecular weight is 276 g/mol. The Labute approximate surface area is 120 Å². The highest BCUT2D eigenvalue weighted by Crippen LogP contribution is 2.29. The molecule has 20 heavy (non-hydrogen) atoms. The van der Waals surface area contributed by atoms with Crippen molar-refractivity contribution in [3.63, 3.8) is 0 Å². The highest BCUT2D eigenvalue weighted by molar-refractivity contribution is 5.82. The molecule has 0 radical (unpaired) electrons. The maximum Gasteiger partial charge on any atom is 0.240 e. The van der Waals surface area contributed by atoms with Crippen LogP contribution in [-0.4, -0.2) is 36.6 Å². The van der Waals surface area contributed by atoms with Gasteiger partial charge in [-0.15, -0.1) is 0 Å². The van der Waals surface area contributed by atoms with Crippen molar-refractivity contribution in [1.29, 1.82) is 0 Å². The van der Waals surface area contributed by atoms with Gasteiger partial charge in [-0.25, -0.2) is 0 Å². The number of rotatable bonds is 7. The maximum absolute atomic E-state index is 12.4. The Kier molecular flexibility index (Phi) is 5.15. The second kappa shape index (κ2) is 6.86. The van der Waals surface area contributed by atoms with E-state index in [9.17, 15) is 4.79 Å². The lowest BCUT2D eigenvalue weighted by molar-refractivity contribution is -0.134. The van der Waals surface area contributed by atoms with Crippen molar-refractivity contribution in [1.82, 2.24) is 4.90 Å². The van der Waals surface area contributed by atoms with Crippen molar-refractivity contribution >= 4 is 5.91 Å². The van der Waals surface area contributed by atoms with Crippen LogP contribution in [0.4, 0.5) is 0 Å². The summed E-state index contributed by atoms with van der Waals surface area (Å²) in [6.45, 7) is 3.24. The van der Waals surface area contributed by atoms with Gasteiger partial charge < -0.3 is 15.4 Å². The topological polar surface area (TPSA) is 55.6 Å². The summed E-state index contributed by atoms with van der Waals surface area (Å²) >= 11 is 0. The number of nitrogens with zero attached hydrogens (tertiary/aromatic N) is 1. The summed E-state index contributed by atoms with van der Waals surface area (Å²) in [6.07, 6.45) is 2.76. The summed E-state index contributed by atoms with van der Waals surface area (Å²) in [6, 6.07) is 8.24.